The number of nitrogens with zero attached hydrogens (tertiary/aromatic N) is 3. The summed E-state index contributed by atoms with van der Waals surface area (Å²) in [6.45, 7) is 3.68. The van der Waals surface area contributed by atoms with Gasteiger partial charge in [-0.1, -0.05) is 12.1 Å². The van der Waals surface area contributed by atoms with Gasteiger partial charge in [0.25, 0.3) is 5.56 Å². The van der Waals surface area contributed by atoms with E-state index in [9.17, 15) is 9.59 Å². The number of aryl methyl sites for hydroxylation is 2. The van der Waals surface area contributed by atoms with Gasteiger partial charge in [-0.05, 0) is 25.6 Å². The van der Waals surface area contributed by atoms with Crippen LogP contribution in [0, 0.1) is 6.92 Å². The number of amides is 1. The zero-order chi connectivity index (χ0) is 16.1. The maximum absolute atomic E-state index is 12.4. The molecule has 0 aliphatic rings. The zero-order valence-electron chi connectivity index (χ0n) is 13.7. The van der Waals surface area contributed by atoms with E-state index in [-0.39, 0.29) is 23.9 Å². The lowest BCUT2D eigenvalue weighted by Crippen LogP contribution is -2.34. The number of hydrogen-bond acceptors (Lipinski definition) is 4. The maximum Gasteiger partial charge on any atom is 0.261 e. The van der Waals surface area contributed by atoms with Crippen molar-refractivity contribution in [1.29, 1.82) is 0 Å². The van der Waals surface area contributed by atoms with E-state index in [1.807, 2.05) is 26.1 Å². The third kappa shape index (κ3) is 4.53. The molecule has 1 aromatic heterocycles. The van der Waals surface area contributed by atoms with E-state index in [0.717, 1.165) is 17.6 Å². The Bertz CT molecular complexity index is 730. The number of aromatic nitrogens is 2. The lowest BCUT2D eigenvalue weighted by molar-refractivity contribution is -0.130. The topological polar surface area (TPSA) is 67.2 Å². The molecule has 0 saturated carbocycles. The van der Waals surface area contributed by atoms with Crippen LogP contribution >= 0.6 is 12.4 Å². The van der Waals surface area contributed by atoms with Gasteiger partial charge in [0.05, 0.1) is 17.2 Å². The highest BCUT2D eigenvalue weighted by Gasteiger charge is 2.10. The third-order valence-electron chi connectivity index (χ3n) is 3.74. The van der Waals surface area contributed by atoms with Gasteiger partial charge in [0.15, 0.2) is 0 Å². The monoisotopic (exact) mass is 338 g/mol. The summed E-state index contributed by atoms with van der Waals surface area (Å²) >= 11 is 0. The van der Waals surface area contributed by atoms with Crippen molar-refractivity contribution in [2.45, 2.75) is 19.9 Å². The largest absolute Gasteiger partial charge is 0.344 e. The van der Waals surface area contributed by atoms with E-state index >= 15 is 0 Å². The Labute approximate surface area is 141 Å². The molecule has 0 aliphatic carbocycles. The predicted molar refractivity (Wildman–Crippen MR) is 94.2 cm³/mol. The first-order valence-corrected chi connectivity index (χ1v) is 7.38. The minimum atomic E-state index is -0.0978. The molecule has 0 saturated heterocycles. The molecule has 0 aliphatic heterocycles. The van der Waals surface area contributed by atoms with Crippen LogP contribution in [0.15, 0.2) is 29.3 Å². The molecule has 0 radical (unpaired) electrons. The van der Waals surface area contributed by atoms with Gasteiger partial charge in [0.2, 0.25) is 5.91 Å². The average molecular weight is 339 g/mol. The summed E-state index contributed by atoms with van der Waals surface area (Å²) in [6.07, 6.45) is 1.82. The number of benzene rings is 1. The summed E-state index contributed by atoms with van der Waals surface area (Å²) in [4.78, 5) is 30.4. The minimum Gasteiger partial charge on any atom is -0.344 e. The second kappa shape index (κ2) is 8.64. The number of hydrogen-bond donors (Lipinski definition) is 1. The van der Waals surface area contributed by atoms with Crippen molar-refractivity contribution in [2.24, 2.45) is 0 Å². The van der Waals surface area contributed by atoms with Crippen LogP contribution in [0.25, 0.3) is 10.9 Å². The molecule has 7 heteroatoms. The lowest BCUT2D eigenvalue weighted by Gasteiger charge is -2.17. The molecule has 1 N–H and O–H groups in total. The fourth-order valence-corrected chi connectivity index (χ4v) is 2.31. The Morgan fingerprint density at radius 1 is 1.39 bits per heavy atom. The van der Waals surface area contributed by atoms with Gasteiger partial charge in [-0.3, -0.25) is 14.2 Å². The fraction of sp³-hybridized carbons (Fsp3) is 0.438. The number of rotatable bonds is 6. The highest BCUT2D eigenvalue weighted by Crippen LogP contribution is 2.11. The van der Waals surface area contributed by atoms with E-state index in [0.29, 0.717) is 24.9 Å². The van der Waals surface area contributed by atoms with Crippen molar-refractivity contribution in [1.82, 2.24) is 19.8 Å². The van der Waals surface area contributed by atoms with Crippen molar-refractivity contribution < 1.29 is 4.79 Å². The first kappa shape index (κ1) is 19.1. The smallest absolute Gasteiger partial charge is 0.261 e. The van der Waals surface area contributed by atoms with Crippen molar-refractivity contribution in [3.8, 4) is 0 Å². The SMILES string of the molecule is CNCCN(C)C(=O)CCn1cnc2c(C)cccc2c1=O.Cl. The zero-order valence-corrected chi connectivity index (χ0v) is 14.5. The molecule has 1 amide bonds. The van der Waals surface area contributed by atoms with E-state index in [4.69, 9.17) is 0 Å². The molecule has 0 fully saturated rings. The first-order chi connectivity index (χ1) is 10.5. The van der Waals surface area contributed by atoms with E-state index in [1.165, 1.54) is 10.9 Å². The van der Waals surface area contributed by atoms with E-state index in [2.05, 4.69) is 10.3 Å². The Morgan fingerprint density at radius 2 is 2.13 bits per heavy atom. The predicted octanol–water partition coefficient (Wildman–Crippen LogP) is 1.19. The first-order valence-electron chi connectivity index (χ1n) is 7.38. The summed E-state index contributed by atoms with van der Waals surface area (Å²) in [7, 11) is 3.62. The summed E-state index contributed by atoms with van der Waals surface area (Å²) in [5, 5.41) is 3.60. The molecule has 0 unspecified atom stereocenters. The fourth-order valence-electron chi connectivity index (χ4n) is 2.31. The van der Waals surface area contributed by atoms with Gasteiger partial charge in [-0.15, -0.1) is 12.4 Å². The van der Waals surface area contributed by atoms with Crippen molar-refractivity contribution in [3.63, 3.8) is 0 Å². The maximum atomic E-state index is 12.4. The molecule has 2 rings (SSSR count). The summed E-state index contributed by atoms with van der Waals surface area (Å²) in [5.74, 6) is 0.0199. The molecule has 23 heavy (non-hydrogen) atoms. The summed E-state index contributed by atoms with van der Waals surface area (Å²) < 4.78 is 1.51. The molecule has 2 aromatic rings. The molecule has 0 atom stereocenters. The number of halogens is 1. The standard InChI is InChI=1S/C16H22N4O2.ClH/c1-12-5-4-6-13-15(12)18-11-20(16(13)22)9-7-14(21)19(3)10-8-17-2;/h4-6,11,17H,7-10H2,1-3H3;1H. The van der Waals surface area contributed by atoms with Crippen molar-refractivity contribution in [3.05, 3.63) is 40.4 Å². The van der Waals surface area contributed by atoms with Crippen molar-refractivity contribution in [2.75, 3.05) is 27.2 Å². The molecule has 1 aromatic carbocycles. The Hall–Kier alpha value is -1.92. The van der Waals surface area contributed by atoms with Crippen LogP contribution < -0.4 is 10.9 Å². The number of carbonyl (C=O) groups excluding carboxylic acids is 1. The normalized spacial score (nSPS) is 10.4. The minimum absolute atomic E-state index is 0. The lowest BCUT2D eigenvalue weighted by atomic mass is 10.1. The Kier molecular flexibility index (Phi) is 7.19. The summed E-state index contributed by atoms with van der Waals surface area (Å²) in [5.41, 5.74) is 1.60. The number of nitrogens with one attached hydrogen (secondary N) is 1. The van der Waals surface area contributed by atoms with Gasteiger partial charge in [0, 0.05) is 33.1 Å². The van der Waals surface area contributed by atoms with Crippen LogP contribution in [0.3, 0.4) is 0 Å². The number of carbonyl (C=O) groups is 1. The molecule has 6 nitrogen and oxygen atoms in total. The van der Waals surface area contributed by atoms with Gasteiger partial charge < -0.3 is 10.2 Å². The molecular weight excluding hydrogens is 316 g/mol. The van der Waals surface area contributed by atoms with Crippen LogP contribution in [0.4, 0.5) is 0 Å². The summed E-state index contributed by atoms with van der Waals surface area (Å²) in [6, 6.07) is 5.55. The van der Waals surface area contributed by atoms with Crippen LogP contribution in [-0.2, 0) is 11.3 Å². The molecule has 1 heterocycles. The highest BCUT2D eigenvalue weighted by molar-refractivity contribution is 5.85. The molecule has 0 spiro atoms. The quantitative estimate of drug-likeness (QED) is 0.859. The van der Waals surface area contributed by atoms with E-state index in [1.54, 1.807) is 18.0 Å². The van der Waals surface area contributed by atoms with Crippen molar-refractivity contribution >= 4 is 29.2 Å². The molecule has 0 bridgehead atoms. The van der Waals surface area contributed by atoms with Gasteiger partial charge in [-0.25, -0.2) is 4.98 Å². The van der Waals surface area contributed by atoms with E-state index < -0.39 is 0 Å². The number of para-hydroxylation sites is 1. The van der Waals surface area contributed by atoms with Gasteiger partial charge in [0.1, 0.15) is 0 Å². The van der Waals surface area contributed by atoms with Crippen LogP contribution in [0.5, 0.6) is 0 Å². The number of fused-ring (bicyclic) bond motifs is 1. The van der Waals surface area contributed by atoms with Gasteiger partial charge in [-0.2, -0.15) is 0 Å². The number of likely N-dealkylation sites (N-methyl/N-ethyl adjacent to an activating group) is 2. The second-order valence-electron chi connectivity index (χ2n) is 5.38. The Balaban J connectivity index is 0.00000264. The average Bonchev–Trinajstić information content (AvgIpc) is 2.52. The van der Waals surface area contributed by atoms with Crippen LogP contribution in [0.1, 0.15) is 12.0 Å². The van der Waals surface area contributed by atoms with Crippen LogP contribution in [-0.4, -0.2) is 47.5 Å². The van der Waals surface area contributed by atoms with Gasteiger partial charge >= 0.3 is 0 Å². The Morgan fingerprint density at radius 3 is 2.83 bits per heavy atom. The third-order valence-corrected chi connectivity index (χ3v) is 3.74. The molecular formula is C16H23ClN4O2. The van der Waals surface area contributed by atoms with Crippen LogP contribution in [0.2, 0.25) is 0 Å². The second-order valence-corrected chi connectivity index (χ2v) is 5.38. The highest BCUT2D eigenvalue weighted by atomic mass is 35.5. The molecule has 126 valence electrons.